The molecule has 0 amide bonds. The number of hydrogen-bond donors (Lipinski definition) is 1. The molecule has 1 rings (SSSR count). The van der Waals surface area contributed by atoms with Crippen LogP contribution in [0.25, 0.3) is 0 Å². The van der Waals surface area contributed by atoms with Gasteiger partial charge in [-0.1, -0.05) is 0 Å². The van der Waals surface area contributed by atoms with Gasteiger partial charge in [0.05, 0.1) is 11.5 Å². The molecule has 0 saturated carbocycles. The number of benzene rings is 1. The van der Waals surface area contributed by atoms with Crippen LogP contribution in [0.5, 0.6) is 0 Å². The van der Waals surface area contributed by atoms with Crippen LogP contribution in [-0.4, -0.2) is 28.6 Å². The van der Waals surface area contributed by atoms with Crippen molar-refractivity contribution in [3.8, 4) is 0 Å². The van der Waals surface area contributed by atoms with Crippen LogP contribution in [0.1, 0.15) is 12.5 Å². The summed E-state index contributed by atoms with van der Waals surface area (Å²) in [7, 11) is 0. The van der Waals surface area contributed by atoms with Crippen molar-refractivity contribution in [1.29, 1.82) is 0 Å². The van der Waals surface area contributed by atoms with E-state index in [4.69, 9.17) is 5.11 Å². The zero-order valence-electron chi connectivity index (χ0n) is 10.5. The summed E-state index contributed by atoms with van der Waals surface area (Å²) < 4.78 is 17.7. The lowest BCUT2D eigenvalue weighted by atomic mass is 9.98. The first-order chi connectivity index (χ1) is 9.36. The molecule has 1 aromatic carbocycles. The van der Waals surface area contributed by atoms with E-state index in [1.165, 1.54) is 6.92 Å². The van der Waals surface area contributed by atoms with Crippen molar-refractivity contribution in [2.45, 2.75) is 13.3 Å². The van der Waals surface area contributed by atoms with E-state index in [0.717, 1.165) is 18.2 Å². The van der Waals surface area contributed by atoms with Crippen molar-refractivity contribution < 1.29 is 28.7 Å². The van der Waals surface area contributed by atoms with Gasteiger partial charge in [-0.05, 0) is 19.1 Å². The van der Waals surface area contributed by atoms with Crippen LogP contribution in [0.3, 0.4) is 0 Å². The van der Waals surface area contributed by atoms with Gasteiger partial charge >= 0.3 is 11.9 Å². The van der Waals surface area contributed by atoms with Crippen LogP contribution in [0.2, 0.25) is 0 Å². The van der Waals surface area contributed by atoms with Crippen LogP contribution in [0.4, 0.5) is 10.1 Å². The molecule has 1 aromatic rings. The Kier molecular flexibility index (Phi) is 5.13. The molecular weight excluding hydrogens is 273 g/mol. The molecule has 0 aliphatic carbocycles. The van der Waals surface area contributed by atoms with Gasteiger partial charge in [0.1, 0.15) is 5.82 Å². The smallest absolute Gasteiger partial charge is 0.320 e. The van der Waals surface area contributed by atoms with Gasteiger partial charge < -0.3 is 9.84 Å². The Morgan fingerprint density at radius 3 is 2.65 bits per heavy atom. The summed E-state index contributed by atoms with van der Waals surface area (Å²) in [6.07, 6.45) is -0.512. The second-order valence-electron chi connectivity index (χ2n) is 3.88. The summed E-state index contributed by atoms with van der Waals surface area (Å²) in [4.78, 5) is 32.5. The topological polar surface area (TPSA) is 107 Å². The van der Waals surface area contributed by atoms with E-state index in [1.54, 1.807) is 0 Å². The number of hydrogen-bond acceptors (Lipinski definition) is 5. The van der Waals surface area contributed by atoms with Gasteiger partial charge in [0.2, 0.25) is 0 Å². The first kappa shape index (κ1) is 15.5. The molecule has 8 heteroatoms. The summed E-state index contributed by atoms with van der Waals surface area (Å²) in [6, 6.07) is 2.66. The van der Waals surface area contributed by atoms with Crippen molar-refractivity contribution in [1.82, 2.24) is 0 Å². The molecule has 1 N–H and O–H groups in total. The highest BCUT2D eigenvalue weighted by Crippen LogP contribution is 2.23. The molecule has 20 heavy (non-hydrogen) atoms. The summed E-state index contributed by atoms with van der Waals surface area (Å²) in [5, 5.41) is 19.8. The van der Waals surface area contributed by atoms with E-state index in [1.807, 2.05) is 0 Å². The van der Waals surface area contributed by atoms with E-state index < -0.39 is 40.7 Å². The predicted octanol–water partition coefficient (Wildman–Crippen LogP) is 1.54. The van der Waals surface area contributed by atoms with Crippen LogP contribution >= 0.6 is 0 Å². The number of carbonyl (C=O) groups excluding carboxylic acids is 1. The van der Waals surface area contributed by atoms with Gasteiger partial charge in [0.15, 0.2) is 5.92 Å². The second kappa shape index (κ2) is 6.60. The van der Waals surface area contributed by atoms with Gasteiger partial charge in [-0.2, -0.15) is 0 Å². The Bertz CT molecular complexity index is 545. The molecule has 7 nitrogen and oxygen atoms in total. The van der Waals surface area contributed by atoms with Gasteiger partial charge in [0, 0.05) is 18.1 Å². The third kappa shape index (κ3) is 3.74. The number of rotatable bonds is 6. The molecule has 0 aliphatic rings. The highest BCUT2D eigenvalue weighted by molar-refractivity contribution is 5.94. The van der Waals surface area contributed by atoms with Crippen molar-refractivity contribution in [2.75, 3.05) is 6.61 Å². The van der Waals surface area contributed by atoms with Gasteiger partial charge in [0.25, 0.3) is 5.69 Å². The highest BCUT2D eigenvalue weighted by atomic mass is 19.1. The van der Waals surface area contributed by atoms with E-state index in [0.29, 0.717) is 0 Å². The lowest BCUT2D eigenvalue weighted by Gasteiger charge is -2.11. The number of ether oxygens (including phenoxy) is 1. The maximum Gasteiger partial charge on any atom is 0.320 e. The minimum Gasteiger partial charge on any atom is -0.481 e. The molecule has 108 valence electrons. The minimum absolute atomic E-state index is 0.0200. The zero-order chi connectivity index (χ0) is 15.3. The molecule has 1 unspecified atom stereocenters. The first-order valence-electron chi connectivity index (χ1n) is 5.69. The Morgan fingerprint density at radius 2 is 2.15 bits per heavy atom. The molecule has 0 bridgehead atoms. The number of halogens is 1. The molecule has 1 atom stereocenters. The normalized spacial score (nSPS) is 11.7. The lowest BCUT2D eigenvalue weighted by Crippen LogP contribution is -2.28. The fourth-order valence-electron chi connectivity index (χ4n) is 1.63. The molecule has 0 heterocycles. The molecule has 0 aromatic heterocycles. The summed E-state index contributed by atoms with van der Waals surface area (Å²) >= 11 is 0. The molecular formula is C12H12FNO6. The summed E-state index contributed by atoms with van der Waals surface area (Å²) in [5.41, 5.74) is -0.614. The monoisotopic (exact) mass is 285 g/mol. The molecule has 0 radical (unpaired) electrons. The average molecular weight is 285 g/mol. The Morgan fingerprint density at radius 1 is 1.50 bits per heavy atom. The average Bonchev–Trinajstić information content (AvgIpc) is 2.35. The van der Waals surface area contributed by atoms with Crippen LogP contribution in [0, 0.1) is 21.8 Å². The maximum absolute atomic E-state index is 13.1. The minimum atomic E-state index is -1.62. The van der Waals surface area contributed by atoms with Gasteiger partial charge in [-0.15, -0.1) is 0 Å². The fraction of sp³-hybridized carbons (Fsp3) is 0.333. The maximum atomic E-state index is 13.1. The summed E-state index contributed by atoms with van der Waals surface area (Å²) in [6.45, 7) is 1.48. The Balaban J connectivity index is 3.10. The van der Waals surface area contributed by atoms with Crippen molar-refractivity contribution in [3.05, 3.63) is 39.7 Å². The highest BCUT2D eigenvalue weighted by Gasteiger charge is 2.30. The number of aliphatic carboxylic acids is 1. The van der Waals surface area contributed by atoms with Crippen molar-refractivity contribution in [3.63, 3.8) is 0 Å². The van der Waals surface area contributed by atoms with Gasteiger partial charge in [-0.3, -0.25) is 19.7 Å². The number of carboxylic acid groups (broad SMARTS) is 1. The second-order valence-corrected chi connectivity index (χ2v) is 3.88. The fourth-order valence-corrected chi connectivity index (χ4v) is 1.63. The molecule has 0 fully saturated rings. The van der Waals surface area contributed by atoms with E-state index in [-0.39, 0.29) is 12.2 Å². The number of carbonyl (C=O) groups is 2. The van der Waals surface area contributed by atoms with E-state index in [2.05, 4.69) is 4.74 Å². The van der Waals surface area contributed by atoms with Gasteiger partial charge in [-0.25, -0.2) is 4.39 Å². The number of esters is 1. The molecule has 0 spiro atoms. The number of nitro benzene ring substituents is 1. The quantitative estimate of drug-likeness (QED) is 0.367. The van der Waals surface area contributed by atoms with Crippen molar-refractivity contribution >= 4 is 17.6 Å². The van der Waals surface area contributed by atoms with Crippen molar-refractivity contribution in [2.24, 2.45) is 5.92 Å². The first-order valence-corrected chi connectivity index (χ1v) is 5.69. The van der Waals surface area contributed by atoms with Crippen LogP contribution in [0.15, 0.2) is 18.2 Å². The largest absolute Gasteiger partial charge is 0.481 e. The third-order valence-electron chi connectivity index (χ3n) is 2.53. The number of nitrogens with zero attached hydrogens (tertiary/aromatic N) is 1. The molecule has 0 saturated heterocycles. The van der Waals surface area contributed by atoms with Crippen LogP contribution in [-0.2, 0) is 20.7 Å². The number of nitro groups is 1. The molecule has 0 aliphatic heterocycles. The zero-order valence-corrected chi connectivity index (χ0v) is 10.5. The van der Waals surface area contributed by atoms with E-state index >= 15 is 0 Å². The predicted molar refractivity (Wildman–Crippen MR) is 64.5 cm³/mol. The van der Waals surface area contributed by atoms with E-state index in [9.17, 15) is 24.1 Å². The standard InChI is InChI=1S/C12H12FNO6/c1-2-20-12(17)9(11(15)16)6-7-5-8(13)3-4-10(7)14(18)19/h3-5,9H,2,6H2,1H3,(H,15,16). The number of carboxylic acids is 1. The lowest BCUT2D eigenvalue weighted by molar-refractivity contribution is -0.385. The summed E-state index contributed by atoms with van der Waals surface area (Å²) in [5.74, 6) is -4.87. The third-order valence-corrected chi connectivity index (χ3v) is 2.53. The Labute approximate surface area is 113 Å². The SMILES string of the molecule is CCOC(=O)C(Cc1cc(F)ccc1[N+](=O)[O-])C(=O)O. The Hall–Kier alpha value is -2.51. The van der Waals surface area contributed by atoms with Crippen LogP contribution < -0.4 is 0 Å².